The zero-order valence-corrected chi connectivity index (χ0v) is 21.9. The summed E-state index contributed by atoms with van der Waals surface area (Å²) in [5, 5.41) is 33.4. The lowest BCUT2D eigenvalue weighted by molar-refractivity contribution is -0.223. The van der Waals surface area contributed by atoms with Gasteiger partial charge in [0, 0.05) is 11.3 Å². The minimum Gasteiger partial charge on any atom is -0.481 e. The average molecular weight is 473 g/mol. The molecule has 2 unspecified atom stereocenters. The van der Waals surface area contributed by atoms with E-state index in [1.165, 1.54) is 0 Å². The number of allylic oxidation sites excluding steroid dienone is 1. The van der Waals surface area contributed by atoms with Crippen LogP contribution in [0, 0.1) is 44.8 Å². The normalized spacial score (nSPS) is 54.1. The van der Waals surface area contributed by atoms with E-state index in [0.29, 0.717) is 25.7 Å². The third-order valence-electron chi connectivity index (χ3n) is 12.5. The van der Waals surface area contributed by atoms with Gasteiger partial charge in [-0.25, -0.2) is 0 Å². The molecule has 5 rings (SSSR count). The highest BCUT2D eigenvalue weighted by molar-refractivity contribution is 5.96. The summed E-state index contributed by atoms with van der Waals surface area (Å²) in [4.78, 5) is 26.3. The Labute approximate surface area is 204 Å². The summed E-state index contributed by atoms with van der Waals surface area (Å²) >= 11 is 0. The Morgan fingerprint density at radius 2 is 1.59 bits per heavy atom. The van der Waals surface area contributed by atoms with Crippen LogP contribution in [0.2, 0.25) is 0 Å². The van der Waals surface area contributed by atoms with Gasteiger partial charge in [-0.1, -0.05) is 34.6 Å². The van der Waals surface area contributed by atoms with Gasteiger partial charge >= 0.3 is 5.97 Å². The molecular formula is C29H44O5. The van der Waals surface area contributed by atoms with Gasteiger partial charge in [-0.05, 0) is 104 Å². The van der Waals surface area contributed by atoms with Gasteiger partial charge in [0.25, 0.3) is 0 Å². The number of aliphatic hydroxyl groups is 2. The van der Waals surface area contributed by atoms with Crippen molar-refractivity contribution in [1.82, 2.24) is 0 Å². The van der Waals surface area contributed by atoms with E-state index in [1.54, 1.807) is 6.08 Å². The van der Waals surface area contributed by atoms with Gasteiger partial charge in [0.2, 0.25) is 0 Å². The number of hydrogen-bond acceptors (Lipinski definition) is 4. The summed E-state index contributed by atoms with van der Waals surface area (Å²) < 4.78 is 0. The summed E-state index contributed by atoms with van der Waals surface area (Å²) in [6.45, 7) is 12.7. The summed E-state index contributed by atoms with van der Waals surface area (Å²) in [5.41, 5.74) is -2.26. The second kappa shape index (κ2) is 6.97. The number of carboxylic acids is 1. The summed E-state index contributed by atoms with van der Waals surface area (Å²) in [5.74, 6) is -0.792. The van der Waals surface area contributed by atoms with Crippen LogP contribution >= 0.6 is 0 Å². The van der Waals surface area contributed by atoms with Gasteiger partial charge < -0.3 is 15.3 Å². The lowest BCUT2D eigenvalue weighted by Crippen LogP contribution is -2.69. The van der Waals surface area contributed by atoms with E-state index in [9.17, 15) is 24.9 Å². The molecular weight excluding hydrogens is 428 g/mol. The molecule has 4 saturated carbocycles. The number of aliphatic hydroxyl groups excluding tert-OH is 1. The lowest BCUT2D eigenvalue weighted by Gasteiger charge is -2.69. The fourth-order valence-electron chi connectivity index (χ4n) is 10.0. The molecule has 0 aromatic rings. The zero-order valence-electron chi connectivity index (χ0n) is 21.9. The smallest absolute Gasteiger partial charge is 0.309 e. The first-order valence-electron chi connectivity index (χ1n) is 13.5. The summed E-state index contributed by atoms with van der Waals surface area (Å²) in [7, 11) is 0. The van der Waals surface area contributed by atoms with Crippen molar-refractivity contribution in [2.24, 2.45) is 44.8 Å². The molecule has 0 aliphatic heterocycles. The highest BCUT2D eigenvalue weighted by Crippen LogP contribution is 2.72. The van der Waals surface area contributed by atoms with Crippen molar-refractivity contribution >= 4 is 11.8 Å². The number of carboxylic acid groups (broad SMARTS) is 1. The average Bonchev–Trinajstić information content (AvgIpc) is 2.73. The Bertz CT molecular complexity index is 968. The van der Waals surface area contributed by atoms with Gasteiger partial charge in [-0.3, -0.25) is 9.59 Å². The van der Waals surface area contributed by atoms with Gasteiger partial charge in [-0.15, -0.1) is 0 Å². The van der Waals surface area contributed by atoms with Gasteiger partial charge in [0.1, 0.15) is 0 Å². The molecule has 0 amide bonds. The van der Waals surface area contributed by atoms with Crippen LogP contribution in [0.15, 0.2) is 11.6 Å². The van der Waals surface area contributed by atoms with Gasteiger partial charge in [0.05, 0.1) is 17.1 Å². The quantitative estimate of drug-likeness (QED) is 0.491. The Balaban J connectivity index is 1.62. The molecule has 0 aromatic carbocycles. The molecule has 9 atom stereocenters. The Morgan fingerprint density at radius 3 is 2.24 bits per heavy atom. The van der Waals surface area contributed by atoms with Crippen molar-refractivity contribution in [3.8, 4) is 0 Å². The first-order chi connectivity index (χ1) is 15.6. The number of carbonyl (C=O) groups excluding carboxylic acids is 1. The minimum absolute atomic E-state index is 0.0749. The number of hydrogen-bond donors (Lipinski definition) is 3. The summed E-state index contributed by atoms with van der Waals surface area (Å²) in [6, 6.07) is 0. The molecule has 3 N–H and O–H groups in total. The predicted molar refractivity (Wildman–Crippen MR) is 130 cm³/mol. The van der Waals surface area contributed by atoms with Crippen molar-refractivity contribution < 1.29 is 24.9 Å². The standard InChI is InChI=1S/C29H44O5/c1-24(2)20-7-10-28(6)22(27(20,5)9-8-21(24)31)19(30)15-17-18-16-26(4,23(32)33)12-11-25(18,3)13-14-29(17,28)34/h15,18,20-22,31,34H,7-14,16H2,1-6H3,(H,32,33)/t18-,20?,21+,22?,25-,26+,27+,28-,29+/m1/s1. The SMILES string of the molecule is CC1(C)C2CC[C@]3(C)C(C(=O)C=C4[C@H]5C[C@@](C)(C(=O)O)CC[C@]5(C)CC[C@]43O)[C@@]2(C)CC[C@@H]1O. The molecule has 5 heteroatoms. The number of ketones is 1. The second-order valence-corrected chi connectivity index (χ2v) is 14.5. The van der Waals surface area contributed by atoms with E-state index >= 15 is 0 Å². The predicted octanol–water partition coefficient (Wildman–Crippen LogP) is 5.14. The largest absolute Gasteiger partial charge is 0.481 e. The second-order valence-electron chi connectivity index (χ2n) is 14.5. The lowest BCUT2D eigenvalue weighted by atomic mass is 9.35. The van der Waals surface area contributed by atoms with Crippen LogP contribution in [-0.2, 0) is 9.59 Å². The molecule has 190 valence electrons. The molecule has 4 fully saturated rings. The van der Waals surface area contributed by atoms with E-state index in [4.69, 9.17) is 0 Å². The monoisotopic (exact) mass is 472 g/mol. The van der Waals surface area contributed by atoms with Crippen LogP contribution in [0.4, 0.5) is 0 Å². The number of carbonyl (C=O) groups is 2. The topological polar surface area (TPSA) is 94.8 Å². The highest BCUT2D eigenvalue weighted by Gasteiger charge is 2.71. The Morgan fingerprint density at radius 1 is 0.941 bits per heavy atom. The van der Waals surface area contributed by atoms with Crippen molar-refractivity contribution in [2.45, 2.75) is 111 Å². The van der Waals surface area contributed by atoms with Crippen molar-refractivity contribution in [2.75, 3.05) is 0 Å². The molecule has 0 saturated heterocycles. The first-order valence-corrected chi connectivity index (χ1v) is 13.5. The number of rotatable bonds is 1. The van der Waals surface area contributed by atoms with Crippen LogP contribution in [0.25, 0.3) is 0 Å². The van der Waals surface area contributed by atoms with Crippen LogP contribution in [0.5, 0.6) is 0 Å². The van der Waals surface area contributed by atoms with Gasteiger partial charge in [-0.2, -0.15) is 0 Å². The van der Waals surface area contributed by atoms with Crippen LogP contribution in [0.3, 0.4) is 0 Å². The van der Waals surface area contributed by atoms with Crippen LogP contribution in [-0.4, -0.2) is 38.8 Å². The molecule has 5 aliphatic rings. The molecule has 5 nitrogen and oxygen atoms in total. The molecule has 5 aliphatic carbocycles. The van der Waals surface area contributed by atoms with Gasteiger partial charge in [0.15, 0.2) is 5.78 Å². The fourth-order valence-corrected chi connectivity index (χ4v) is 10.0. The minimum atomic E-state index is -1.08. The molecule has 0 aromatic heterocycles. The van der Waals surface area contributed by atoms with Crippen molar-refractivity contribution in [1.29, 1.82) is 0 Å². The maximum atomic E-state index is 14.1. The first kappa shape index (κ1) is 24.5. The zero-order chi connectivity index (χ0) is 25.1. The molecule has 0 bridgehead atoms. The van der Waals surface area contributed by atoms with Crippen LogP contribution in [0.1, 0.15) is 99.3 Å². The third kappa shape index (κ3) is 2.80. The maximum Gasteiger partial charge on any atom is 0.309 e. The number of fused-ring (bicyclic) bond motifs is 7. The van der Waals surface area contributed by atoms with E-state index in [1.807, 2.05) is 6.92 Å². The van der Waals surface area contributed by atoms with Crippen molar-refractivity contribution in [3.05, 3.63) is 11.6 Å². The van der Waals surface area contributed by atoms with E-state index in [2.05, 4.69) is 34.6 Å². The number of aliphatic carboxylic acids is 1. The molecule has 0 heterocycles. The molecule has 34 heavy (non-hydrogen) atoms. The summed E-state index contributed by atoms with van der Waals surface area (Å²) in [6.07, 6.45) is 7.99. The highest BCUT2D eigenvalue weighted by atomic mass is 16.4. The fraction of sp³-hybridized carbons (Fsp3) is 0.862. The van der Waals surface area contributed by atoms with Crippen molar-refractivity contribution in [3.63, 3.8) is 0 Å². The maximum absolute atomic E-state index is 14.1. The third-order valence-corrected chi connectivity index (χ3v) is 12.5. The van der Waals surface area contributed by atoms with E-state index < -0.39 is 22.4 Å². The van der Waals surface area contributed by atoms with E-state index in [0.717, 1.165) is 37.7 Å². The molecule has 0 spiro atoms. The van der Waals surface area contributed by atoms with Crippen LogP contribution < -0.4 is 0 Å². The Hall–Kier alpha value is -1.20. The van der Waals surface area contributed by atoms with E-state index in [-0.39, 0.29) is 45.9 Å². The Kier molecular flexibility index (Phi) is 5.02. The molecule has 0 radical (unpaired) electrons.